The highest BCUT2D eigenvalue weighted by molar-refractivity contribution is 6.05. The third-order valence-corrected chi connectivity index (χ3v) is 10.7. The van der Waals surface area contributed by atoms with Crippen molar-refractivity contribution in [2.24, 2.45) is 17.8 Å². The van der Waals surface area contributed by atoms with Gasteiger partial charge in [0.25, 0.3) is 5.91 Å². The van der Waals surface area contributed by atoms with Crippen LogP contribution in [0.25, 0.3) is 0 Å². The van der Waals surface area contributed by atoms with Crippen LogP contribution in [0, 0.1) is 31.6 Å². The Morgan fingerprint density at radius 3 is 2.37 bits per heavy atom. The number of anilines is 1. The van der Waals surface area contributed by atoms with Gasteiger partial charge in [-0.05, 0) is 69.1 Å². The average molecular weight is 700 g/mol. The number of rotatable bonds is 16. The number of benzene rings is 2. The van der Waals surface area contributed by atoms with E-state index in [1.165, 1.54) is 4.90 Å². The highest BCUT2D eigenvalue weighted by Gasteiger charge is 2.76. The average Bonchev–Trinajstić information content (AvgIpc) is 3.75. The van der Waals surface area contributed by atoms with E-state index in [-0.39, 0.29) is 43.2 Å². The molecule has 3 aliphatic rings. The van der Waals surface area contributed by atoms with Gasteiger partial charge in [-0.1, -0.05) is 74.5 Å². The first-order valence-corrected chi connectivity index (χ1v) is 18.1. The maximum Gasteiger partial charge on any atom is 0.313 e. The van der Waals surface area contributed by atoms with Gasteiger partial charge in [-0.25, -0.2) is 0 Å². The van der Waals surface area contributed by atoms with E-state index in [2.05, 4.69) is 18.5 Å². The lowest BCUT2D eigenvalue weighted by atomic mass is 9.70. The van der Waals surface area contributed by atoms with E-state index in [9.17, 15) is 19.5 Å². The Bertz CT molecular complexity index is 1610. The van der Waals surface area contributed by atoms with Crippen molar-refractivity contribution in [1.82, 2.24) is 10.2 Å². The van der Waals surface area contributed by atoms with Crippen molar-refractivity contribution < 1.29 is 33.8 Å². The standard InChI is InChI=1S/C41H53N3O7/c1-8-10-19-32(46)42-28(7)36(29-17-12-11-13-18-29)50-40(49)33-31-20-21-41(51-31)34(33)38(47)44(30(24-45)23-25(3)4)37(41)39(48)43(22-9-2)35-26(5)15-14-16-27(35)6/h8-9,11-18,25,28,30-31,33-34,36-37,45H,1-2,10,19-24H2,3-7H3,(H,42,46)/t28-,30+,31+,33-,34-,36-,37+,41-/m0/s1. The highest BCUT2D eigenvalue weighted by Crippen LogP contribution is 2.59. The van der Waals surface area contributed by atoms with E-state index in [0.717, 1.165) is 16.8 Å². The zero-order chi connectivity index (χ0) is 37.0. The van der Waals surface area contributed by atoms with E-state index >= 15 is 4.79 Å². The molecule has 51 heavy (non-hydrogen) atoms. The Balaban J connectivity index is 1.54. The van der Waals surface area contributed by atoms with Gasteiger partial charge in [-0.3, -0.25) is 19.2 Å². The second kappa shape index (κ2) is 15.9. The number of aliphatic hydroxyl groups is 1. The largest absolute Gasteiger partial charge is 0.455 e. The fourth-order valence-corrected chi connectivity index (χ4v) is 8.59. The molecule has 0 aromatic heterocycles. The van der Waals surface area contributed by atoms with E-state index in [1.54, 1.807) is 24.0 Å². The third kappa shape index (κ3) is 7.26. The summed E-state index contributed by atoms with van der Waals surface area (Å²) in [6, 6.07) is 12.7. The first-order chi connectivity index (χ1) is 24.4. The van der Waals surface area contributed by atoms with Crippen molar-refractivity contribution in [3.05, 3.63) is 90.5 Å². The number of para-hydroxylation sites is 1. The third-order valence-electron chi connectivity index (χ3n) is 10.7. The maximum atomic E-state index is 15.1. The zero-order valence-electron chi connectivity index (χ0n) is 30.5. The van der Waals surface area contributed by atoms with Gasteiger partial charge in [0.2, 0.25) is 11.8 Å². The summed E-state index contributed by atoms with van der Waals surface area (Å²) < 4.78 is 13.0. The number of aliphatic hydroxyl groups excluding tert-OH is 1. The second-order valence-corrected chi connectivity index (χ2v) is 14.7. The van der Waals surface area contributed by atoms with Gasteiger partial charge in [-0.15, -0.1) is 13.2 Å². The number of hydrogen-bond acceptors (Lipinski definition) is 7. The quantitative estimate of drug-likeness (QED) is 0.179. The summed E-state index contributed by atoms with van der Waals surface area (Å²) in [5.41, 5.74) is 1.92. The molecule has 10 nitrogen and oxygen atoms in total. The van der Waals surface area contributed by atoms with E-state index in [4.69, 9.17) is 9.47 Å². The van der Waals surface area contributed by atoms with Crippen LogP contribution in [0.15, 0.2) is 73.8 Å². The van der Waals surface area contributed by atoms with Crippen molar-refractivity contribution in [3.63, 3.8) is 0 Å². The SMILES string of the molecule is C=CCCC(=O)N[C@@H](C)[C@H](OC(=O)[C@@H]1[C@H]2C(=O)N([C@@H](CO)CC(C)C)[C@H](C(=O)N(CC=C)c3c(C)cccc3C)[C@]23CC[C@H]1O3)c1ccccc1. The van der Waals surface area contributed by atoms with E-state index < -0.39 is 53.7 Å². The number of esters is 1. The number of fused-ring (bicyclic) bond motifs is 1. The van der Waals surface area contributed by atoms with Crippen LogP contribution in [0.4, 0.5) is 5.69 Å². The lowest BCUT2D eigenvalue weighted by Crippen LogP contribution is -2.59. The molecule has 2 aromatic carbocycles. The molecule has 2 N–H and O–H groups in total. The van der Waals surface area contributed by atoms with Gasteiger partial charge in [-0.2, -0.15) is 0 Å². The number of carbonyl (C=O) groups is 4. The number of nitrogens with one attached hydrogen (secondary N) is 1. The van der Waals surface area contributed by atoms with Gasteiger partial charge in [0, 0.05) is 18.7 Å². The summed E-state index contributed by atoms with van der Waals surface area (Å²) in [5.74, 6) is -3.39. The van der Waals surface area contributed by atoms with Gasteiger partial charge < -0.3 is 29.7 Å². The minimum Gasteiger partial charge on any atom is -0.455 e. The van der Waals surface area contributed by atoms with E-state index in [0.29, 0.717) is 31.2 Å². The van der Waals surface area contributed by atoms with Gasteiger partial charge in [0.05, 0.1) is 36.6 Å². The van der Waals surface area contributed by atoms with Crippen LogP contribution in [0.3, 0.4) is 0 Å². The van der Waals surface area contributed by atoms with Gasteiger partial charge in [0.1, 0.15) is 17.7 Å². The highest BCUT2D eigenvalue weighted by atomic mass is 16.6. The molecule has 0 aliphatic carbocycles. The zero-order valence-corrected chi connectivity index (χ0v) is 30.5. The number of aryl methyl sites for hydroxylation is 2. The number of amides is 3. The fourth-order valence-electron chi connectivity index (χ4n) is 8.59. The molecular weight excluding hydrogens is 646 g/mol. The number of carbonyl (C=O) groups excluding carboxylic acids is 4. The molecule has 0 radical (unpaired) electrons. The maximum absolute atomic E-state index is 15.1. The molecule has 3 fully saturated rings. The minimum atomic E-state index is -1.30. The summed E-state index contributed by atoms with van der Waals surface area (Å²) in [7, 11) is 0. The Labute approximate surface area is 301 Å². The molecule has 1 spiro atoms. The number of hydrogen-bond donors (Lipinski definition) is 2. The predicted molar refractivity (Wildman–Crippen MR) is 196 cm³/mol. The monoisotopic (exact) mass is 699 g/mol. The molecular formula is C41H53N3O7. The lowest BCUT2D eigenvalue weighted by Gasteiger charge is -2.40. The summed E-state index contributed by atoms with van der Waals surface area (Å²) in [6.45, 7) is 17.1. The fraction of sp³-hybridized carbons (Fsp3) is 0.512. The summed E-state index contributed by atoms with van der Waals surface area (Å²) in [6.07, 6.45) is 3.93. The summed E-state index contributed by atoms with van der Waals surface area (Å²) in [4.78, 5) is 60.3. The smallest absolute Gasteiger partial charge is 0.313 e. The molecule has 10 heteroatoms. The lowest BCUT2D eigenvalue weighted by molar-refractivity contribution is -0.162. The molecule has 2 aromatic rings. The summed E-state index contributed by atoms with van der Waals surface area (Å²) in [5, 5.41) is 13.7. The molecule has 8 atom stereocenters. The molecule has 274 valence electrons. The van der Waals surface area contributed by atoms with E-state index in [1.807, 2.05) is 76.2 Å². The van der Waals surface area contributed by atoms with Crippen LogP contribution < -0.4 is 10.2 Å². The van der Waals surface area contributed by atoms with Crippen LogP contribution in [-0.4, -0.2) is 76.7 Å². The molecule has 3 amide bonds. The second-order valence-electron chi connectivity index (χ2n) is 14.7. The van der Waals surface area contributed by atoms with Crippen LogP contribution in [0.2, 0.25) is 0 Å². The Morgan fingerprint density at radius 2 is 1.76 bits per heavy atom. The molecule has 5 rings (SSSR count). The number of allylic oxidation sites excluding steroid dienone is 1. The van der Waals surface area contributed by atoms with Crippen molar-refractivity contribution in [2.45, 2.75) is 103 Å². The molecule has 3 heterocycles. The molecule has 3 saturated heterocycles. The molecule has 0 unspecified atom stereocenters. The minimum absolute atomic E-state index is 0.111. The predicted octanol–water partition coefficient (Wildman–Crippen LogP) is 5.36. The Morgan fingerprint density at radius 1 is 1.08 bits per heavy atom. The van der Waals surface area contributed by atoms with Crippen LogP contribution in [-0.2, 0) is 28.7 Å². The van der Waals surface area contributed by atoms with Crippen molar-refractivity contribution in [2.75, 3.05) is 18.1 Å². The number of ether oxygens (including phenoxy) is 2. The molecule has 0 saturated carbocycles. The van der Waals surface area contributed by atoms with Crippen LogP contribution >= 0.6 is 0 Å². The van der Waals surface area contributed by atoms with Gasteiger partial charge in [0.15, 0.2) is 0 Å². The Kier molecular flexibility index (Phi) is 11.9. The first-order valence-electron chi connectivity index (χ1n) is 18.1. The topological polar surface area (TPSA) is 125 Å². The summed E-state index contributed by atoms with van der Waals surface area (Å²) >= 11 is 0. The van der Waals surface area contributed by atoms with Gasteiger partial charge >= 0.3 is 5.97 Å². The van der Waals surface area contributed by atoms with Crippen molar-refractivity contribution in [1.29, 1.82) is 0 Å². The molecule has 3 aliphatic heterocycles. The van der Waals surface area contributed by atoms with Crippen LogP contribution in [0.1, 0.15) is 75.7 Å². The molecule has 2 bridgehead atoms. The number of likely N-dealkylation sites (tertiary alicyclic amines) is 1. The van der Waals surface area contributed by atoms with Crippen molar-refractivity contribution >= 4 is 29.4 Å². The number of nitrogens with zero attached hydrogens (tertiary/aromatic N) is 2. The first kappa shape index (κ1) is 38.0. The van der Waals surface area contributed by atoms with Crippen molar-refractivity contribution in [3.8, 4) is 0 Å². The normalized spacial score (nSPS) is 25.2. The Hall–Kier alpha value is -4.28. The van der Waals surface area contributed by atoms with Crippen LogP contribution in [0.5, 0.6) is 0 Å².